The first-order chi connectivity index (χ1) is 9.08. The minimum Gasteiger partial charge on any atom is -0.397 e. The van der Waals surface area contributed by atoms with E-state index < -0.39 is 0 Å². The van der Waals surface area contributed by atoms with Crippen LogP contribution in [0.25, 0.3) is 0 Å². The molecule has 19 heavy (non-hydrogen) atoms. The molecule has 0 unspecified atom stereocenters. The Morgan fingerprint density at radius 1 is 1.05 bits per heavy atom. The molecule has 0 aliphatic carbocycles. The van der Waals surface area contributed by atoms with Crippen LogP contribution in [0.5, 0.6) is 0 Å². The molecule has 0 heterocycles. The number of hydrogen-bond donors (Lipinski definition) is 3. The number of thiocarbonyl (C=S) groups is 1. The summed E-state index contributed by atoms with van der Waals surface area (Å²) in [5.41, 5.74) is 13.4. The van der Waals surface area contributed by atoms with Crippen LogP contribution in [-0.2, 0) is 0 Å². The predicted octanol–water partition coefficient (Wildman–Crippen LogP) is 2.16. The molecule has 4 nitrogen and oxygen atoms in total. The first kappa shape index (κ1) is 13.0. The molecular weight excluding hydrogens is 258 g/mol. The zero-order chi connectivity index (χ0) is 13.8. The summed E-state index contributed by atoms with van der Waals surface area (Å²) in [7, 11) is 0. The van der Waals surface area contributed by atoms with Gasteiger partial charge in [-0.25, -0.2) is 0 Å². The van der Waals surface area contributed by atoms with E-state index in [-0.39, 0.29) is 10.9 Å². The van der Waals surface area contributed by atoms with E-state index >= 15 is 0 Å². The SMILES string of the molecule is NC(=S)Nc1cc(C(=O)c2ccccc2)ccc1N. The Hall–Kier alpha value is -2.40. The molecule has 0 saturated carbocycles. The minimum atomic E-state index is -0.0772. The fraction of sp³-hybridized carbons (Fsp3) is 0. The van der Waals surface area contributed by atoms with Gasteiger partial charge in [0.25, 0.3) is 0 Å². The van der Waals surface area contributed by atoms with Gasteiger partial charge in [0, 0.05) is 11.1 Å². The van der Waals surface area contributed by atoms with Gasteiger partial charge in [-0.05, 0) is 30.4 Å². The summed E-state index contributed by atoms with van der Waals surface area (Å²) in [5, 5.41) is 2.86. The quantitative estimate of drug-likeness (QED) is 0.453. The molecule has 2 aromatic rings. The highest BCUT2D eigenvalue weighted by Gasteiger charge is 2.10. The Labute approximate surface area is 116 Å². The van der Waals surface area contributed by atoms with E-state index in [0.717, 1.165) is 0 Å². The van der Waals surface area contributed by atoms with E-state index in [1.54, 1.807) is 30.3 Å². The lowest BCUT2D eigenvalue weighted by atomic mass is 10.0. The average Bonchev–Trinajstić information content (AvgIpc) is 2.41. The number of nitrogen functional groups attached to an aromatic ring is 1. The van der Waals surface area contributed by atoms with Crippen molar-refractivity contribution in [3.8, 4) is 0 Å². The van der Waals surface area contributed by atoms with Gasteiger partial charge in [-0.2, -0.15) is 0 Å². The van der Waals surface area contributed by atoms with E-state index in [1.165, 1.54) is 0 Å². The van der Waals surface area contributed by atoms with Crippen molar-refractivity contribution in [2.24, 2.45) is 5.73 Å². The number of carbonyl (C=O) groups excluding carboxylic acids is 1. The van der Waals surface area contributed by atoms with Gasteiger partial charge in [-0.15, -0.1) is 0 Å². The van der Waals surface area contributed by atoms with Crippen LogP contribution in [0.15, 0.2) is 48.5 Å². The third kappa shape index (κ3) is 3.08. The molecule has 0 bridgehead atoms. The van der Waals surface area contributed by atoms with Crippen LogP contribution in [0.2, 0.25) is 0 Å². The van der Waals surface area contributed by atoms with Gasteiger partial charge in [0.15, 0.2) is 10.9 Å². The summed E-state index contributed by atoms with van der Waals surface area (Å²) in [4.78, 5) is 12.3. The van der Waals surface area contributed by atoms with Crippen LogP contribution < -0.4 is 16.8 Å². The van der Waals surface area contributed by atoms with Crippen LogP contribution in [0, 0.1) is 0 Å². The summed E-state index contributed by atoms with van der Waals surface area (Å²) >= 11 is 4.77. The van der Waals surface area contributed by atoms with Gasteiger partial charge in [-0.1, -0.05) is 30.3 Å². The van der Waals surface area contributed by atoms with E-state index in [0.29, 0.717) is 22.5 Å². The molecule has 0 fully saturated rings. The van der Waals surface area contributed by atoms with Crippen molar-refractivity contribution in [1.82, 2.24) is 0 Å². The molecule has 0 aliphatic heterocycles. The second kappa shape index (κ2) is 5.49. The second-order valence-corrected chi connectivity index (χ2v) is 4.43. The maximum Gasteiger partial charge on any atom is 0.193 e. The number of benzene rings is 2. The van der Waals surface area contributed by atoms with Gasteiger partial charge in [0.1, 0.15) is 0 Å². The highest BCUT2D eigenvalue weighted by atomic mass is 32.1. The molecule has 0 spiro atoms. The highest BCUT2D eigenvalue weighted by Crippen LogP contribution is 2.21. The van der Waals surface area contributed by atoms with Crippen LogP contribution in [0.4, 0.5) is 11.4 Å². The number of anilines is 2. The van der Waals surface area contributed by atoms with Gasteiger partial charge < -0.3 is 16.8 Å². The highest BCUT2D eigenvalue weighted by molar-refractivity contribution is 7.80. The van der Waals surface area contributed by atoms with Gasteiger partial charge >= 0.3 is 0 Å². The van der Waals surface area contributed by atoms with Gasteiger partial charge in [0.05, 0.1) is 11.4 Å². The number of carbonyl (C=O) groups is 1. The Morgan fingerprint density at radius 2 is 1.74 bits per heavy atom. The number of nitrogens with two attached hydrogens (primary N) is 2. The van der Waals surface area contributed by atoms with Crippen molar-refractivity contribution >= 4 is 34.5 Å². The first-order valence-electron chi connectivity index (χ1n) is 5.63. The fourth-order valence-corrected chi connectivity index (χ4v) is 1.80. The molecule has 0 aromatic heterocycles. The third-order valence-corrected chi connectivity index (χ3v) is 2.71. The average molecular weight is 271 g/mol. The minimum absolute atomic E-state index is 0.0772. The van der Waals surface area contributed by atoms with Crippen LogP contribution >= 0.6 is 12.2 Å². The molecule has 96 valence electrons. The molecule has 5 N–H and O–H groups in total. The zero-order valence-electron chi connectivity index (χ0n) is 10.1. The maximum absolute atomic E-state index is 12.3. The fourth-order valence-electron chi connectivity index (χ4n) is 1.69. The Morgan fingerprint density at radius 3 is 2.37 bits per heavy atom. The van der Waals surface area contributed by atoms with Crippen molar-refractivity contribution in [3.05, 3.63) is 59.7 Å². The Kier molecular flexibility index (Phi) is 3.77. The molecule has 2 rings (SSSR count). The lowest BCUT2D eigenvalue weighted by Crippen LogP contribution is -2.20. The summed E-state index contributed by atoms with van der Waals surface area (Å²) in [6.45, 7) is 0. The monoisotopic (exact) mass is 271 g/mol. The molecule has 5 heteroatoms. The molecule has 0 radical (unpaired) electrons. The standard InChI is InChI=1S/C14H13N3OS/c15-11-7-6-10(8-12(11)17-14(16)19)13(18)9-4-2-1-3-5-9/h1-8H,15H2,(H3,16,17,19). The van der Waals surface area contributed by atoms with Crippen molar-refractivity contribution in [3.63, 3.8) is 0 Å². The van der Waals surface area contributed by atoms with E-state index in [9.17, 15) is 4.79 Å². The Bertz CT molecular complexity index is 626. The Balaban J connectivity index is 2.36. The normalized spacial score (nSPS) is 9.89. The van der Waals surface area contributed by atoms with Crippen LogP contribution in [0.1, 0.15) is 15.9 Å². The number of nitrogens with one attached hydrogen (secondary N) is 1. The number of rotatable bonds is 3. The number of hydrogen-bond acceptors (Lipinski definition) is 3. The topological polar surface area (TPSA) is 81.1 Å². The van der Waals surface area contributed by atoms with Gasteiger partial charge in [0.2, 0.25) is 0 Å². The predicted molar refractivity (Wildman–Crippen MR) is 81.1 cm³/mol. The zero-order valence-corrected chi connectivity index (χ0v) is 10.9. The molecule has 0 amide bonds. The van der Waals surface area contributed by atoms with Crippen LogP contribution in [-0.4, -0.2) is 10.9 Å². The smallest absolute Gasteiger partial charge is 0.193 e. The van der Waals surface area contributed by atoms with Gasteiger partial charge in [-0.3, -0.25) is 4.79 Å². The summed E-state index contributed by atoms with van der Waals surface area (Å²) in [6, 6.07) is 14.0. The van der Waals surface area contributed by atoms with E-state index in [1.807, 2.05) is 18.2 Å². The molecular formula is C14H13N3OS. The lowest BCUT2D eigenvalue weighted by Gasteiger charge is -2.09. The van der Waals surface area contributed by atoms with Crippen molar-refractivity contribution in [2.75, 3.05) is 11.1 Å². The van der Waals surface area contributed by atoms with Crippen molar-refractivity contribution < 1.29 is 4.79 Å². The first-order valence-corrected chi connectivity index (χ1v) is 6.04. The molecule has 0 atom stereocenters. The van der Waals surface area contributed by atoms with Crippen LogP contribution in [0.3, 0.4) is 0 Å². The second-order valence-electron chi connectivity index (χ2n) is 3.99. The van der Waals surface area contributed by atoms with E-state index in [4.69, 9.17) is 23.7 Å². The molecule has 0 aliphatic rings. The molecule has 2 aromatic carbocycles. The maximum atomic E-state index is 12.3. The summed E-state index contributed by atoms with van der Waals surface area (Å²) < 4.78 is 0. The largest absolute Gasteiger partial charge is 0.397 e. The summed E-state index contributed by atoms with van der Waals surface area (Å²) in [5.74, 6) is -0.0772. The number of ketones is 1. The van der Waals surface area contributed by atoms with E-state index in [2.05, 4.69) is 5.32 Å². The molecule has 0 saturated heterocycles. The lowest BCUT2D eigenvalue weighted by molar-refractivity contribution is 0.103. The van der Waals surface area contributed by atoms with Crippen molar-refractivity contribution in [1.29, 1.82) is 0 Å². The third-order valence-electron chi connectivity index (χ3n) is 2.61. The summed E-state index contributed by atoms with van der Waals surface area (Å²) in [6.07, 6.45) is 0. The van der Waals surface area contributed by atoms with Crippen molar-refractivity contribution in [2.45, 2.75) is 0 Å².